The average molecular weight is 219 g/mol. The van der Waals surface area contributed by atoms with Crippen LogP contribution in [0.3, 0.4) is 0 Å². The van der Waals surface area contributed by atoms with Crippen LogP contribution in [0.5, 0.6) is 0 Å². The summed E-state index contributed by atoms with van der Waals surface area (Å²) in [5.41, 5.74) is 0. The van der Waals surface area contributed by atoms with E-state index in [1.54, 1.807) is 0 Å². The van der Waals surface area contributed by atoms with Crippen LogP contribution < -0.4 is 5.32 Å². The molecule has 0 aromatic carbocycles. The predicted molar refractivity (Wildman–Crippen MR) is 66.0 cm³/mol. The predicted octanol–water partition coefficient (Wildman–Crippen LogP) is 2.27. The zero-order valence-corrected chi connectivity index (χ0v) is 10.4. The maximum absolute atomic E-state index is 9.01. The first-order valence-electron chi connectivity index (χ1n) is 5.65. The van der Waals surface area contributed by atoms with Crippen LogP contribution in [-0.2, 0) is 0 Å². The highest BCUT2D eigenvalue weighted by Gasteiger charge is 1.94. The van der Waals surface area contributed by atoms with E-state index in [0.29, 0.717) is 0 Å². The minimum Gasteiger partial charge on any atom is -0.393 e. The molecular weight excluding hydrogens is 194 g/mol. The summed E-state index contributed by atoms with van der Waals surface area (Å²) in [5, 5.41) is 12.4. The van der Waals surface area contributed by atoms with E-state index in [4.69, 9.17) is 5.11 Å². The normalized spacial score (nSPS) is 13.1. The molecule has 1 unspecified atom stereocenters. The van der Waals surface area contributed by atoms with Crippen molar-refractivity contribution in [2.75, 3.05) is 25.1 Å². The van der Waals surface area contributed by atoms with Gasteiger partial charge in [-0.3, -0.25) is 0 Å². The summed E-state index contributed by atoms with van der Waals surface area (Å²) in [5.74, 6) is 1.30. The Hall–Kier alpha value is 0.270. The van der Waals surface area contributed by atoms with E-state index < -0.39 is 0 Å². The fourth-order valence-corrected chi connectivity index (χ4v) is 1.78. The van der Waals surface area contributed by atoms with Crippen LogP contribution in [0.2, 0.25) is 0 Å². The van der Waals surface area contributed by atoms with Gasteiger partial charge in [0, 0.05) is 0 Å². The van der Waals surface area contributed by atoms with Crippen LogP contribution in [0.25, 0.3) is 0 Å². The molecule has 1 atom stereocenters. The molecule has 0 aliphatic heterocycles. The first-order valence-corrected chi connectivity index (χ1v) is 7.04. The van der Waals surface area contributed by atoms with Crippen molar-refractivity contribution < 1.29 is 5.11 Å². The van der Waals surface area contributed by atoms with Gasteiger partial charge in [-0.25, -0.2) is 0 Å². The Morgan fingerprint density at radius 3 is 2.50 bits per heavy atom. The molecule has 86 valence electrons. The molecule has 0 aromatic rings. The van der Waals surface area contributed by atoms with E-state index >= 15 is 0 Å². The van der Waals surface area contributed by atoms with Crippen molar-refractivity contribution in [1.82, 2.24) is 5.32 Å². The molecule has 0 saturated heterocycles. The van der Waals surface area contributed by atoms with Gasteiger partial charge in [0.25, 0.3) is 0 Å². The van der Waals surface area contributed by atoms with Crippen molar-refractivity contribution in [2.24, 2.45) is 0 Å². The maximum Gasteiger partial charge on any atom is 0.0524 e. The summed E-state index contributed by atoms with van der Waals surface area (Å²) >= 11 is 1.93. The van der Waals surface area contributed by atoms with Gasteiger partial charge in [0.1, 0.15) is 0 Å². The molecule has 0 aliphatic carbocycles. The Balaban J connectivity index is 2.85. The van der Waals surface area contributed by atoms with Crippen molar-refractivity contribution in [1.29, 1.82) is 0 Å². The lowest BCUT2D eigenvalue weighted by atomic mass is 10.2. The quantitative estimate of drug-likeness (QED) is 0.553. The molecule has 0 aromatic heterocycles. The van der Waals surface area contributed by atoms with Crippen LogP contribution in [0, 0.1) is 0 Å². The summed E-state index contributed by atoms with van der Waals surface area (Å²) < 4.78 is 0. The van der Waals surface area contributed by atoms with E-state index in [0.717, 1.165) is 19.5 Å². The van der Waals surface area contributed by atoms with E-state index in [1.165, 1.54) is 31.4 Å². The Kier molecular flexibility index (Phi) is 11.6. The first kappa shape index (κ1) is 14.3. The van der Waals surface area contributed by atoms with E-state index in [-0.39, 0.29) is 6.10 Å². The number of aliphatic hydroxyl groups excluding tert-OH is 1. The van der Waals surface area contributed by atoms with Gasteiger partial charge in [0.05, 0.1) is 6.10 Å². The third-order valence-corrected chi connectivity index (χ3v) is 2.89. The number of aliphatic hydroxyl groups is 1. The van der Waals surface area contributed by atoms with E-state index in [1.807, 2.05) is 18.7 Å². The van der Waals surface area contributed by atoms with Gasteiger partial charge >= 0.3 is 0 Å². The van der Waals surface area contributed by atoms with Gasteiger partial charge < -0.3 is 10.4 Å². The fraction of sp³-hybridized carbons (Fsp3) is 1.00. The third kappa shape index (κ3) is 12.3. The van der Waals surface area contributed by atoms with Crippen molar-refractivity contribution in [2.45, 2.75) is 45.1 Å². The summed E-state index contributed by atoms with van der Waals surface area (Å²) in [7, 11) is 0. The van der Waals surface area contributed by atoms with Crippen molar-refractivity contribution >= 4 is 11.8 Å². The van der Waals surface area contributed by atoms with Gasteiger partial charge in [0.15, 0.2) is 0 Å². The van der Waals surface area contributed by atoms with E-state index in [2.05, 4.69) is 11.6 Å². The van der Waals surface area contributed by atoms with Gasteiger partial charge in [-0.1, -0.05) is 12.8 Å². The summed E-state index contributed by atoms with van der Waals surface area (Å²) in [6.07, 6.45) is 8.19. The average Bonchev–Trinajstić information content (AvgIpc) is 2.15. The number of thioether (sulfide) groups is 1. The highest BCUT2D eigenvalue weighted by molar-refractivity contribution is 7.98. The number of rotatable bonds is 10. The molecular formula is C11H25NOS. The Morgan fingerprint density at radius 2 is 1.86 bits per heavy atom. The van der Waals surface area contributed by atoms with Crippen LogP contribution >= 0.6 is 11.8 Å². The van der Waals surface area contributed by atoms with E-state index in [9.17, 15) is 0 Å². The summed E-state index contributed by atoms with van der Waals surface area (Å²) in [6.45, 7) is 3.89. The molecule has 2 N–H and O–H groups in total. The summed E-state index contributed by atoms with van der Waals surface area (Å²) in [4.78, 5) is 0. The van der Waals surface area contributed by atoms with Crippen molar-refractivity contribution in [3.8, 4) is 0 Å². The van der Waals surface area contributed by atoms with Crippen molar-refractivity contribution in [3.05, 3.63) is 0 Å². The zero-order valence-electron chi connectivity index (χ0n) is 9.59. The van der Waals surface area contributed by atoms with Gasteiger partial charge in [-0.15, -0.1) is 0 Å². The molecule has 0 heterocycles. The van der Waals surface area contributed by atoms with Crippen molar-refractivity contribution in [3.63, 3.8) is 0 Å². The van der Waals surface area contributed by atoms with Crippen LogP contribution in [0.4, 0.5) is 0 Å². The SMILES string of the molecule is CSCCCCCCNCCC(C)O. The molecule has 0 amide bonds. The molecule has 0 bridgehead atoms. The number of hydrogen-bond donors (Lipinski definition) is 2. The highest BCUT2D eigenvalue weighted by atomic mass is 32.2. The fourth-order valence-electron chi connectivity index (χ4n) is 1.29. The first-order chi connectivity index (χ1) is 6.77. The number of nitrogens with one attached hydrogen (secondary N) is 1. The molecule has 0 saturated carbocycles. The second-order valence-electron chi connectivity index (χ2n) is 3.79. The molecule has 14 heavy (non-hydrogen) atoms. The topological polar surface area (TPSA) is 32.3 Å². The lowest BCUT2D eigenvalue weighted by molar-refractivity contribution is 0.184. The molecule has 3 heteroatoms. The van der Waals surface area contributed by atoms with Gasteiger partial charge in [-0.2, -0.15) is 11.8 Å². The minimum atomic E-state index is -0.163. The van der Waals surface area contributed by atoms with Crippen LogP contribution in [0.1, 0.15) is 39.0 Å². The standard InChI is InChI=1S/C11H25NOS/c1-11(13)7-9-12-8-5-3-4-6-10-14-2/h11-13H,3-10H2,1-2H3. The van der Waals surface area contributed by atoms with Gasteiger partial charge in [0.2, 0.25) is 0 Å². The second-order valence-corrected chi connectivity index (χ2v) is 4.78. The monoisotopic (exact) mass is 219 g/mol. The lowest BCUT2D eigenvalue weighted by Crippen LogP contribution is -2.20. The zero-order chi connectivity index (χ0) is 10.6. The highest BCUT2D eigenvalue weighted by Crippen LogP contribution is 2.03. The summed E-state index contributed by atoms with van der Waals surface area (Å²) in [6, 6.07) is 0. The Labute approximate surface area is 92.9 Å². The molecule has 0 radical (unpaired) electrons. The Morgan fingerprint density at radius 1 is 1.14 bits per heavy atom. The number of hydrogen-bond acceptors (Lipinski definition) is 3. The molecule has 0 aliphatic rings. The molecule has 0 spiro atoms. The van der Waals surface area contributed by atoms with Gasteiger partial charge in [-0.05, 0) is 51.3 Å². The minimum absolute atomic E-state index is 0.163. The molecule has 0 fully saturated rings. The number of unbranched alkanes of at least 4 members (excludes halogenated alkanes) is 3. The molecule has 2 nitrogen and oxygen atoms in total. The molecule has 0 rings (SSSR count). The maximum atomic E-state index is 9.01. The third-order valence-electron chi connectivity index (χ3n) is 2.19. The van der Waals surface area contributed by atoms with Crippen LogP contribution in [-0.4, -0.2) is 36.3 Å². The Bertz CT molecular complexity index is 109. The second kappa shape index (κ2) is 11.3. The smallest absolute Gasteiger partial charge is 0.0524 e. The van der Waals surface area contributed by atoms with Crippen LogP contribution in [0.15, 0.2) is 0 Å². The largest absolute Gasteiger partial charge is 0.393 e. The lowest BCUT2D eigenvalue weighted by Gasteiger charge is -2.06.